The van der Waals surface area contributed by atoms with Crippen LogP contribution in [0.1, 0.15) is 25.0 Å². The van der Waals surface area contributed by atoms with Crippen molar-refractivity contribution >= 4 is 28.0 Å². The Labute approximate surface area is 150 Å². The molecule has 2 aromatic carbocycles. The zero-order valence-electron chi connectivity index (χ0n) is 14.7. The van der Waals surface area contributed by atoms with Crippen molar-refractivity contribution < 1.29 is 8.83 Å². The van der Waals surface area contributed by atoms with Gasteiger partial charge in [0.2, 0.25) is 0 Å². The normalized spacial score (nSPS) is 15.5. The van der Waals surface area contributed by atoms with Gasteiger partial charge in [0.15, 0.2) is 5.43 Å². The highest BCUT2D eigenvalue weighted by molar-refractivity contribution is 6.08. The van der Waals surface area contributed by atoms with E-state index in [0.717, 1.165) is 34.1 Å². The fourth-order valence-electron chi connectivity index (χ4n) is 3.86. The van der Waals surface area contributed by atoms with Gasteiger partial charge in [0.05, 0.1) is 17.0 Å². The van der Waals surface area contributed by atoms with Gasteiger partial charge < -0.3 is 8.83 Å². The maximum absolute atomic E-state index is 13.0. The quantitative estimate of drug-likeness (QED) is 0.439. The Morgan fingerprint density at radius 1 is 1.04 bits per heavy atom. The molecule has 0 radical (unpaired) electrons. The summed E-state index contributed by atoms with van der Waals surface area (Å²) >= 11 is 0. The lowest BCUT2D eigenvalue weighted by Gasteiger charge is -2.26. The predicted molar refractivity (Wildman–Crippen MR) is 104 cm³/mol. The van der Waals surface area contributed by atoms with E-state index in [1.165, 1.54) is 0 Å². The lowest BCUT2D eigenvalue weighted by Crippen LogP contribution is -2.17. The van der Waals surface area contributed by atoms with E-state index >= 15 is 0 Å². The van der Waals surface area contributed by atoms with Crippen LogP contribution < -0.4 is 5.43 Å². The van der Waals surface area contributed by atoms with Crippen molar-refractivity contribution in [1.29, 1.82) is 0 Å². The minimum atomic E-state index is -0.0196. The van der Waals surface area contributed by atoms with E-state index in [4.69, 9.17) is 8.83 Å². The van der Waals surface area contributed by atoms with Crippen LogP contribution in [0.25, 0.3) is 39.3 Å². The van der Waals surface area contributed by atoms with Crippen LogP contribution in [0.4, 0.5) is 0 Å². The molecule has 2 aromatic heterocycles. The Hall–Kier alpha value is -3.07. The predicted octanol–water partition coefficient (Wildman–Crippen LogP) is 5.80. The molecule has 3 nitrogen and oxygen atoms in total. The number of furan rings is 1. The first-order valence-corrected chi connectivity index (χ1v) is 8.78. The summed E-state index contributed by atoms with van der Waals surface area (Å²) in [4.78, 5) is 13.0. The third kappa shape index (κ3) is 2.17. The van der Waals surface area contributed by atoms with Crippen LogP contribution in [-0.2, 0) is 6.42 Å². The second-order valence-electron chi connectivity index (χ2n) is 7.60. The van der Waals surface area contributed by atoms with Gasteiger partial charge in [-0.2, -0.15) is 0 Å². The summed E-state index contributed by atoms with van der Waals surface area (Å²) in [7, 11) is 0. The van der Waals surface area contributed by atoms with E-state index in [-0.39, 0.29) is 10.8 Å². The van der Waals surface area contributed by atoms with Gasteiger partial charge in [0.1, 0.15) is 16.9 Å². The molecule has 0 bridgehead atoms. The molecule has 3 heteroatoms. The minimum Gasteiger partial charge on any atom is -0.464 e. The molecule has 1 aliphatic rings. The van der Waals surface area contributed by atoms with E-state index in [9.17, 15) is 4.79 Å². The van der Waals surface area contributed by atoms with Gasteiger partial charge in [-0.1, -0.05) is 56.3 Å². The highest BCUT2D eigenvalue weighted by Gasteiger charge is 2.27. The van der Waals surface area contributed by atoms with Gasteiger partial charge in [-0.3, -0.25) is 4.79 Å². The topological polar surface area (TPSA) is 43.4 Å². The zero-order chi connectivity index (χ0) is 17.9. The number of fused-ring (bicyclic) bond motifs is 6. The summed E-state index contributed by atoms with van der Waals surface area (Å²) in [5.74, 6) is 0.575. The summed E-state index contributed by atoms with van der Waals surface area (Å²) in [5.41, 5.74) is 4.33. The first-order valence-electron chi connectivity index (χ1n) is 8.78. The zero-order valence-corrected chi connectivity index (χ0v) is 14.7. The molecule has 4 aromatic rings. The number of allylic oxidation sites excluding steroid dienone is 1. The number of benzene rings is 2. The van der Waals surface area contributed by atoms with Crippen LogP contribution in [0.15, 0.2) is 68.4 Å². The van der Waals surface area contributed by atoms with Gasteiger partial charge in [0.25, 0.3) is 0 Å². The van der Waals surface area contributed by atoms with Crippen molar-refractivity contribution in [1.82, 2.24) is 0 Å². The minimum absolute atomic E-state index is 0.0196. The average Bonchev–Trinajstić information content (AvgIpc) is 3.12. The Morgan fingerprint density at radius 2 is 1.85 bits per heavy atom. The fraction of sp³-hybridized carbons (Fsp3) is 0.174. The number of hydrogen-bond donors (Lipinski definition) is 0. The van der Waals surface area contributed by atoms with Crippen molar-refractivity contribution in [2.24, 2.45) is 5.41 Å². The molecule has 5 rings (SSSR count). The van der Waals surface area contributed by atoms with Crippen LogP contribution in [0.3, 0.4) is 0 Å². The SMILES string of the molecule is CC1(C)C=Cc2c(c3occc3c3oc(-c4ccccc4)cc(=O)c23)C1. The molecule has 1 aliphatic carbocycles. The second-order valence-corrected chi connectivity index (χ2v) is 7.60. The van der Waals surface area contributed by atoms with Gasteiger partial charge in [0, 0.05) is 17.2 Å². The summed E-state index contributed by atoms with van der Waals surface area (Å²) < 4.78 is 12.0. The van der Waals surface area contributed by atoms with E-state index in [2.05, 4.69) is 19.9 Å². The molecule has 0 unspecified atom stereocenters. The molecule has 0 saturated heterocycles. The molecule has 128 valence electrons. The van der Waals surface area contributed by atoms with E-state index in [1.54, 1.807) is 12.3 Å². The Morgan fingerprint density at radius 3 is 2.65 bits per heavy atom. The molecule has 26 heavy (non-hydrogen) atoms. The fourth-order valence-corrected chi connectivity index (χ4v) is 3.86. The first-order chi connectivity index (χ1) is 12.5. The Bertz CT molecular complexity index is 1240. The highest BCUT2D eigenvalue weighted by atomic mass is 16.3. The van der Waals surface area contributed by atoms with Crippen LogP contribution in [0, 0.1) is 5.41 Å². The molecule has 0 fully saturated rings. The lowest BCUT2D eigenvalue weighted by atomic mass is 9.78. The van der Waals surface area contributed by atoms with Crippen molar-refractivity contribution in [2.75, 3.05) is 0 Å². The van der Waals surface area contributed by atoms with Crippen LogP contribution >= 0.6 is 0 Å². The van der Waals surface area contributed by atoms with Gasteiger partial charge in [-0.05, 0) is 23.5 Å². The van der Waals surface area contributed by atoms with Crippen LogP contribution in [-0.4, -0.2) is 0 Å². The van der Waals surface area contributed by atoms with E-state index in [0.29, 0.717) is 16.7 Å². The summed E-state index contributed by atoms with van der Waals surface area (Å²) in [6.07, 6.45) is 6.71. The Balaban J connectivity index is 1.92. The van der Waals surface area contributed by atoms with Gasteiger partial charge in [-0.25, -0.2) is 0 Å². The third-order valence-electron chi connectivity index (χ3n) is 5.12. The monoisotopic (exact) mass is 342 g/mol. The highest BCUT2D eigenvalue weighted by Crippen LogP contribution is 2.41. The molecular weight excluding hydrogens is 324 g/mol. The van der Waals surface area contributed by atoms with Gasteiger partial charge >= 0.3 is 0 Å². The maximum atomic E-state index is 13.0. The third-order valence-corrected chi connectivity index (χ3v) is 5.12. The molecule has 0 N–H and O–H groups in total. The largest absolute Gasteiger partial charge is 0.464 e. The standard InChI is InChI=1S/C23H18O3/c1-23(2)10-8-15-17(13-23)21-16(9-11-25-21)22-20(15)18(24)12-19(26-22)14-6-4-3-5-7-14/h3-12H,13H2,1-2H3. The second kappa shape index (κ2) is 5.21. The van der Waals surface area contributed by atoms with Crippen molar-refractivity contribution in [3.05, 3.63) is 76.2 Å². The van der Waals surface area contributed by atoms with Crippen molar-refractivity contribution in [3.63, 3.8) is 0 Å². The molecule has 0 atom stereocenters. The van der Waals surface area contributed by atoms with Crippen molar-refractivity contribution in [2.45, 2.75) is 20.3 Å². The summed E-state index contributed by atoms with van der Waals surface area (Å²) in [5, 5.41) is 1.50. The van der Waals surface area contributed by atoms with E-state index in [1.807, 2.05) is 42.5 Å². The van der Waals surface area contributed by atoms with Gasteiger partial charge in [-0.15, -0.1) is 0 Å². The lowest BCUT2D eigenvalue weighted by molar-refractivity contribution is 0.471. The average molecular weight is 342 g/mol. The molecular formula is C23H18O3. The molecule has 0 spiro atoms. The summed E-state index contributed by atoms with van der Waals surface area (Å²) in [6, 6.07) is 13.2. The molecule has 0 amide bonds. The van der Waals surface area contributed by atoms with Crippen molar-refractivity contribution in [3.8, 4) is 11.3 Å². The van der Waals surface area contributed by atoms with Crippen LogP contribution in [0.2, 0.25) is 0 Å². The number of hydrogen-bond acceptors (Lipinski definition) is 3. The first kappa shape index (κ1) is 15.2. The smallest absolute Gasteiger partial charge is 0.193 e. The molecule has 0 saturated carbocycles. The van der Waals surface area contributed by atoms with Crippen LogP contribution in [0.5, 0.6) is 0 Å². The molecule has 2 heterocycles. The Kier molecular flexibility index (Phi) is 3.05. The summed E-state index contributed by atoms with van der Waals surface area (Å²) in [6.45, 7) is 4.37. The number of rotatable bonds is 1. The van der Waals surface area contributed by atoms with E-state index < -0.39 is 0 Å². The molecule has 0 aliphatic heterocycles. The maximum Gasteiger partial charge on any atom is 0.193 e.